The maximum atomic E-state index is 12.1. The van der Waals surface area contributed by atoms with Crippen LogP contribution in [0.2, 0.25) is 0 Å². The van der Waals surface area contributed by atoms with E-state index in [2.05, 4.69) is 50.0 Å². The van der Waals surface area contributed by atoms with Gasteiger partial charge in [-0.25, -0.2) is 0 Å². The molecule has 0 radical (unpaired) electrons. The number of hydrogen-bond acceptors (Lipinski definition) is 5. The van der Waals surface area contributed by atoms with E-state index in [4.69, 9.17) is 0 Å². The predicted octanol–water partition coefficient (Wildman–Crippen LogP) is 1.91. The van der Waals surface area contributed by atoms with Crippen molar-refractivity contribution in [2.45, 2.75) is 13.3 Å². The van der Waals surface area contributed by atoms with Crippen LogP contribution in [0.5, 0.6) is 0 Å². The quantitative estimate of drug-likeness (QED) is 0.467. The van der Waals surface area contributed by atoms with E-state index < -0.39 is 11.8 Å². The lowest BCUT2D eigenvalue weighted by Crippen LogP contribution is -2.47. The minimum Gasteiger partial charge on any atom is -0.369 e. The molecule has 0 aromatic heterocycles. The van der Waals surface area contributed by atoms with Gasteiger partial charge in [-0.3, -0.25) is 19.3 Å². The van der Waals surface area contributed by atoms with Gasteiger partial charge in [-0.2, -0.15) is 0 Å². The molecule has 164 valence electrons. The van der Waals surface area contributed by atoms with Crippen LogP contribution in [0.15, 0.2) is 54.6 Å². The van der Waals surface area contributed by atoms with E-state index in [1.54, 1.807) is 24.3 Å². The first-order valence-electron chi connectivity index (χ1n) is 10.5. The van der Waals surface area contributed by atoms with Crippen LogP contribution < -0.4 is 20.9 Å². The molecule has 2 aromatic rings. The number of benzene rings is 2. The van der Waals surface area contributed by atoms with E-state index in [0.29, 0.717) is 17.9 Å². The summed E-state index contributed by atoms with van der Waals surface area (Å²) in [5, 5.41) is 7.85. The molecule has 3 rings (SSSR count). The Labute approximate surface area is 182 Å². The average Bonchev–Trinajstić information content (AvgIpc) is 2.77. The fourth-order valence-electron chi connectivity index (χ4n) is 3.52. The van der Waals surface area contributed by atoms with E-state index in [1.165, 1.54) is 12.6 Å². The fraction of sp³-hybridized carbons (Fsp3) is 0.348. The zero-order valence-electron chi connectivity index (χ0n) is 17.8. The number of nitrogens with zero attached hydrogens (tertiary/aromatic N) is 2. The monoisotopic (exact) mass is 423 g/mol. The lowest BCUT2D eigenvalue weighted by molar-refractivity contribution is -0.136. The van der Waals surface area contributed by atoms with E-state index >= 15 is 0 Å². The van der Waals surface area contributed by atoms with Crippen molar-refractivity contribution in [1.29, 1.82) is 0 Å². The van der Waals surface area contributed by atoms with Gasteiger partial charge in [0.15, 0.2) is 0 Å². The molecular weight excluding hydrogens is 394 g/mol. The van der Waals surface area contributed by atoms with Crippen LogP contribution in [-0.4, -0.2) is 61.9 Å². The highest BCUT2D eigenvalue weighted by molar-refractivity contribution is 6.39. The van der Waals surface area contributed by atoms with Gasteiger partial charge in [-0.05, 0) is 43.3 Å². The van der Waals surface area contributed by atoms with Crippen LogP contribution in [0, 0.1) is 0 Å². The van der Waals surface area contributed by atoms with Crippen LogP contribution in [0.25, 0.3) is 0 Å². The molecule has 1 fully saturated rings. The maximum absolute atomic E-state index is 12.1. The smallest absolute Gasteiger partial charge is 0.313 e. The predicted molar refractivity (Wildman–Crippen MR) is 122 cm³/mol. The molecule has 0 aliphatic carbocycles. The minimum absolute atomic E-state index is 0.206. The van der Waals surface area contributed by atoms with Crippen LogP contribution in [0.4, 0.5) is 17.1 Å². The number of anilines is 3. The highest BCUT2D eigenvalue weighted by Crippen LogP contribution is 2.16. The standard InChI is InChI=1S/C23H29N5O3/c1-18(29)25-19-7-5-8-20(17-19)26-23(31)22(30)24-11-6-12-27-13-15-28(16-14-27)21-9-3-2-4-10-21/h2-5,7-10,17H,6,11-16H2,1H3,(H,24,30)(H,25,29)(H,26,31). The summed E-state index contributed by atoms with van der Waals surface area (Å²) in [5.74, 6) is -1.60. The molecule has 0 atom stereocenters. The summed E-state index contributed by atoms with van der Waals surface area (Å²) in [7, 11) is 0. The van der Waals surface area contributed by atoms with Crippen molar-refractivity contribution in [3.8, 4) is 0 Å². The van der Waals surface area contributed by atoms with Crippen molar-refractivity contribution < 1.29 is 14.4 Å². The van der Waals surface area contributed by atoms with Crippen LogP contribution in [-0.2, 0) is 14.4 Å². The second-order valence-corrected chi connectivity index (χ2v) is 7.49. The molecule has 1 aliphatic rings. The zero-order chi connectivity index (χ0) is 22.1. The number of carbonyl (C=O) groups excluding carboxylic acids is 3. The molecule has 0 bridgehead atoms. The summed E-state index contributed by atoms with van der Waals surface area (Å²) in [5.41, 5.74) is 2.25. The molecule has 3 amide bonds. The normalized spacial score (nSPS) is 14.0. The lowest BCUT2D eigenvalue weighted by atomic mass is 10.2. The Morgan fingerprint density at radius 2 is 1.52 bits per heavy atom. The molecule has 8 nitrogen and oxygen atoms in total. The summed E-state index contributed by atoms with van der Waals surface area (Å²) in [4.78, 5) is 40.0. The van der Waals surface area contributed by atoms with Crippen molar-refractivity contribution in [2.75, 3.05) is 54.8 Å². The Kier molecular flexibility index (Phi) is 8.00. The second-order valence-electron chi connectivity index (χ2n) is 7.49. The summed E-state index contributed by atoms with van der Waals surface area (Å²) < 4.78 is 0. The molecule has 3 N–H and O–H groups in total. The fourth-order valence-corrected chi connectivity index (χ4v) is 3.52. The number of piperazine rings is 1. The van der Waals surface area contributed by atoms with Gasteiger partial charge in [0, 0.05) is 56.7 Å². The molecular formula is C23H29N5O3. The van der Waals surface area contributed by atoms with Gasteiger partial charge < -0.3 is 20.9 Å². The van der Waals surface area contributed by atoms with Crippen molar-refractivity contribution in [1.82, 2.24) is 10.2 Å². The van der Waals surface area contributed by atoms with Crippen molar-refractivity contribution in [3.63, 3.8) is 0 Å². The number of nitrogens with one attached hydrogen (secondary N) is 3. The third kappa shape index (κ3) is 7.11. The van der Waals surface area contributed by atoms with Crippen molar-refractivity contribution in [2.24, 2.45) is 0 Å². The Balaban J connectivity index is 1.33. The number of carbonyl (C=O) groups is 3. The summed E-state index contributed by atoms with van der Waals surface area (Å²) in [6.07, 6.45) is 0.780. The Hall–Kier alpha value is -3.39. The first-order chi connectivity index (χ1) is 15.0. The van der Waals surface area contributed by atoms with E-state index in [-0.39, 0.29) is 5.91 Å². The first-order valence-corrected chi connectivity index (χ1v) is 10.5. The third-order valence-corrected chi connectivity index (χ3v) is 5.08. The Morgan fingerprint density at radius 1 is 0.839 bits per heavy atom. The molecule has 0 spiro atoms. The molecule has 8 heteroatoms. The van der Waals surface area contributed by atoms with Gasteiger partial charge in [0.2, 0.25) is 5.91 Å². The summed E-state index contributed by atoms with van der Waals surface area (Å²) in [6.45, 7) is 6.65. The Bertz CT molecular complexity index is 895. The molecule has 1 heterocycles. The second kappa shape index (κ2) is 11.1. The van der Waals surface area contributed by atoms with Gasteiger partial charge in [0.25, 0.3) is 0 Å². The minimum atomic E-state index is -0.726. The van der Waals surface area contributed by atoms with Crippen LogP contribution in [0.3, 0.4) is 0 Å². The topological polar surface area (TPSA) is 93.8 Å². The largest absolute Gasteiger partial charge is 0.369 e. The molecule has 0 unspecified atom stereocenters. The number of rotatable bonds is 7. The van der Waals surface area contributed by atoms with E-state index in [9.17, 15) is 14.4 Å². The van der Waals surface area contributed by atoms with Gasteiger partial charge in [0.1, 0.15) is 0 Å². The third-order valence-electron chi connectivity index (χ3n) is 5.08. The van der Waals surface area contributed by atoms with Crippen LogP contribution in [0.1, 0.15) is 13.3 Å². The highest BCUT2D eigenvalue weighted by atomic mass is 16.2. The maximum Gasteiger partial charge on any atom is 0.313 e. The van der Waals surface area contributed by atoms with Gasteiger partial charge in [0.05, 0.1) is 0 Å². The van der Waals surface area contributed by atoms with Gasteiger partial charge in [-0.1, -0.05) is 24.3 Å². The van der Waals surface area contributed by atoms with Gasteiger partial charge in [-0.15, -0.1) is 0 Å². The Morgan fingerprint density at radius 3 is 2.19 bits per heavy atom. The average molecular weight is 424 g/mol. The van der Waals surface area contributed by atoms with Crippen LogP contribution >= 0.6 is 0 Å². The molecule has 0 saturated carbocycles. The molecule has 1 saturated heterocycles. The summed E-state index contributed by atoms with van der Waals surface area (Å²) in [6, 6.07) is 17.1. The number of amides is 3. The molecule has 31 heavy (non-hydrogen) atoms. The lowest BCUT2D eigenvalue weighted by Gasteiger charge is -2.36. The van der Waals surface area contributed by atoms with Crippen molar-refractivity contribution >= 4 is 34.8 Å². The number of para-hydroxylation sites is 1. The van der Waals surface area contributed by atoms with E-state index in [0.717, 1.165) is 39.1 Å². The SMILES string of the molecule is CC(=O)Nc1cccc(NC(=O)C(=O)NCCCN2CCN(c3ccccc3)CC2)c1. The van der Waals surface area contributed by atoms with Gasteiger partial charge >= 0.3 is 11.8 Å². The molecule has 2 aromatic carbocycles. The van der Waals surface area contributed by atoms with Crippen molar-refractivity contribution in [3.05, 3.63) is 54.6 Å². The summed E-state index contributed by atoms with van der Waals surface area (Å²) >= 11 is 0. The highest BCUT2D eigenvalue weighted by Gasteiger charge is 2.17. The first kappa shape index (κ1) is 22.3. The van der Waals surface area contributed by atoms with E-state index in [1.807, 2.05) is 6.07 Å². The number of hydrogen-bond donors (Lipinski definition) is 3. The zero-order valence-corrected chi connectivity index (χ0v) is 17.8. The molecule has 1 aliphatic heterocycles.